The Bertz CT molecular complexity index is 806. The van der Waals surface area contributed by atoms with Gasteiger partial charge in [0.2, 0.25) is 0 Å². The van der Waals surface area contributed by atoms with E-state index in [1.165, 1.54) is 0 Å². The Morgan fingerprint density at radius 1 is 1.25 bits per heavy atom. The van der Waals surface area contributed by atoms with Gasteiger partial charge in [-0.3, -0.25) is 15.0 Å². The predicted molar refractivity (Wildman–Crippen MR) is 90.6 cm³/mol. The second kappa shape index (κ2) is 6.59. The Morgan fingerprint density at radius 3 is 3.04 bits per heavy atom. The van der Waals surface area contributed by atoms with Crippen LogP contribution in [-0.2, 0) is 6.54 Å². The lowest BCUT2D eigenvalue weighted by Gasteiger charge is -2.35. The summed E-state index contributed by atoms with van der Waals surface area (Å²) < 4.78 is 6.02. The topological polar surface area (TPSA) is 74.3 Å². The van der Waals surface area contributed by atoms with Crippen molar-refractivity contribution >= 4 is 10.9 Å². The molecular weight excluding hydrogens is 304 g/mol. The van der Waals surface area contributed by atoms with Crippen LogP contribution in [0.1, 0.15) is 12.1 Å². The average molecular weight is 324 g/mol. The van der Waals surface area contributed by atoms with Crippen LogP contribution in [0.2, 0.25) is 0 Å². The summed E-state index contributed by atoms with van der Waals surface area (Å²) in [5.74, 6) is 0.757. The van der Waals surface area contributed by atoms with E-state index in [2.05, 4.69) is 20.1 Å². The van der Waals surface area contributed by atoms with Crippen LogP contribution in [0.5, 0.6) is 5.75 Å². The molecule has 3 heterocycles. The molecule has 2 aromatic heterocycles. The number of pyridine rings is 1. The standard InChI is InChI=1S/C18H20N4O2/c23-17-12-22(11-14-5-8-20-21-14)9-6-18(17)24-15-4-3-13-2-1-7-19-16(13)10-15/h1-5,7-8,10,17-18,23H,6,9,11-12H2,(H,20,21)/t17-,18-/m1/s1. The predicted octanol–water partition coefficient (Wildman–Crippen LogP) is 1.97. The average Bonchev–Trinajstić information content (AvgIpc) is 3.10. The number of nitrogens with zero attached hydrogens (tertiary/aromatic N) is 3. The largest absolute Gasteiger partial charge is 0.488 e. The van der Waals surface area contributed by atoms with Gasteiger partial charge in [-0.05, 0) is 30.7 Å². The highest BCUT2D eigenvalue weighted by molar-refractivity contribution is 5.79. The molecule has 0 unspecified atom stereocenters. The van der Waals surface area contributed by atoms with Crippen LogP contribution in [0, 0.1) is 0 Å². The highest BCUT2D eigenvalue weighted by atomic mass is 16.5. The molecule has 1 aliphatic heterocycles. The first-order valence-corrected chi connectivity index (χ1v) is 8.18. The number of benzene rings is 1. The first-order chi connectivity index (χ1) is 11.8. The fourth-order valence-electron chi connectivity index (χ4n) is 3.16. The fraction of sp³-hybridized carbons (Fsp3) is 0.333. The molecular formula is C18H20N4O2. The van der Waals surface area contributed by atoms with Gasteiger partial charge in [0.1, 0.15) is 18.0 Å². The first-order valence-electron chi connectivity index (χ1n) is 8.18. The van der Waals surface area contributed by atoms with Gasteiger partial charge >= 0.3 is 0 Å². The third-order valence-electron chi connectivity index (χ3n) is 4.42. The molecule has 4 rings (SSSR count). The van der Waals surface area contributed by atoms with E-state index in [1.807, 2.05) is 36.4 Å². The van der Waals surface area contributed by atoms with Crippen molar-refractivity contribution in [2.24, 2.45) is 0 Å². The van der Waals surface area contributed by atoms with Crippen LogP contribution in [0.4, 0.5) is 0 Å². The summed E-state index contributed by atoms with van der Waals surface area (Å²) >= 11 is 0. The number of piperidine rings is 1. The Hall–Kier alpha value is -2.44. The van der Waals surface area contributed by atoms with Crippen LogP contribution in [0.25, 0.3) is 10.9 Å². The maximum Gasteiger partial charge on any atom is 0.127 e. The molecule has 1 saturated heterocycles. The molecule has 0 saturated carbocycles. The van der Waals surface area contributed by atoms with Gasteiger partial charge in [-0.2, -0.15) is 5.10 Å². The highest BCUT2D eigenvalue weighted by Crippen LogP contribution is 2.23. The molecule has 1 fully saturated rings. The Morgan fingerprint density at radius 2 is 2.21 bits per heavy atom. The van der Waals surface area contributed by atoms with Gasteiger partial charge in [0.25, 0.3) is 0 Å². The number of aromatic amines is 1. The monoisotopic (exact) mass is 324 g/mol. The van der Waals surface area contributed by atoms with Gasteiger partial charge < -0.3 is 9.84 Å². The number of β-amino-alcohol motifs (C(OH)–C–C–N with tert-alkyl or cyclic N) is 1. The summed E-state index contributed by atoms with van der Waals surface area (Å²) in [6, 6.07) is 11.8. The molecule has 2 atom stereocenters. The number of nitrogens with one attached hydrogen (secondary N) is 1. The number of ether oxygens (including phenoxy) is 1. The Balaban J connectivity index is 1.40. The fourth-order valence-corrected chi connectivity index (χ4v) is 3.16. The molecule has 0 amide bonds. The summed E-state index contributed by atoms with van der Waals surface area (Å²) in [4.78, 5) is 6.56. The van der Waals surface area contributed by atoms with E-state index in [9.17, 15) is 5.11 Å². The molecule has 6 heteroatoms. The molecule has 6 nitrogen and oxygen atoms in total. The van der Waals surface area contributed by atoms with Crippen molar-refractivity contribution in [2.75, 3.05) is 13.1 Å². The second-order valence-corrected chi connectivity index (χ2v) is 6.19. The minimum absolute atomic E-state index is 0.191. The van der Waals surface area contributed by atoms with E-state index >= 15 is 0 Å². The third-order valence-corrected chi connectivity index (χ3v) is 4.42. The number of H-pyrrole nitrogens is 1. The quantitative estimate of drug-likeness (QED) is 0.767. The van der Waals surface area contributed by atoms with Gasteiger partial charge in [0, 0.05) is 49.2 Å². The van der Waals surface area contributed by atoms with E-state index in [1.54, 1.807) is 12.4 Å². The normalized spacial score (nSPS) is 21.9. The van der Waals surface area contributed by atoms with E-state index in [4.69, 9.17) is 4.74 Å². The summed E-state index contributed by atoms with van der Waals surface area (Å²) in [5.41, 5.74) is 1.96. The molecule has 0 aliphatic carbocycles. The molecule has 1 aliphatic rings. The van der Waals surface area contributed by atoms with E-state index < -0.39 is 6.10 Å². The summed E-state index contributed by atoms with van der Waals surface area (Å²) in [6.07, 6.45) is 3.60. The molecule has 0 bridgehead atoms. The lowest BCUT2D eigenvalue weighted by Crippen LogP contribution is -2.48. The lowest BCUT2D eigenvalue weighted by molar-refractivity contribution is -0.0277. The van der Waals surface area contributed by atoms with Gasteiger partial charge in [0.15, 0.2) is 0 Å². The lowest BCUT2D eigenvalue weighted by atomic mass is 10.0. The molecule has 3 aromatic rings. The minimum atomic E-state index is -0.513. The van der Waals surface area contributed by atoms with Crippen molar-refractivity contribution in [3.8, 4) is 5.75 Å². The number of fused-ring (bicyclic) bond motifs is 1. The van der Waals surface area contributed by atoms with Crippen LogP contribution in [0.15, 0.2) is 48.8 Å². The van der Waals surface area contributed by atoms with E-state index in [0.29, 0.717) is 6.54 Å². The van der Waals surface area contributed by atoms with E-state index in [0.717, 1.165) is 41.9 Å². The van der Waals surface area contributed by atoms with Crippen LogP contribution >= 0.6 is 0 Å². The molecule has 1 aromatic carbocycles. The Labute approximate surface area is 140 Å². The number of hydrogen-bond donors (Lipinski definition) is 2. The second-order valence-electron chi connectivity index (χ2n) is 6.19. The number of aliphatic hydroxyl groups excluding tert-OH is 1. The van der Waals surface area contributed by atoms with Gasteiger partial charge in [-0.1, -0.05) is 6.07 Å². The maximum atomic E-state index is 10.4. The molecule has 2 N–H and O–H groups in total. The van der Waals surface area contributed by atoms with Crippen molar-refractivity contribution in [1.82, 2.24) is 20.1 Å². The van der Waals surface area contributed by atoms with Crippen molar-refractivity contribution in [1.29, 1.82) is 0 Å². The van der Waals surface area contributed by atoms with Crippen LogP contribution in [0.3, 0.4) is 0 Å². The van der Waals surface area contributed by atoms with Crippen LogP contribution in [-0.4, -0.2) is 50.5 Å². The molecule has 0 spiro atoms. The van der Waals surface area contributed by atoms with Crippen LogP contribution < -0.4 is 4.74 Å². The molecule has 124 valence electrons. The number of aliphatic hydroxyl groups is 1. The van der Waals surface area contributed by atoms with Gasteiger partial charge in [-0.15, -0.1) is 0 Å². The summed E-state index contributed by atoms with van der Waals surface area (Å²) in [7, 11) is 0. The van der Waals surface area contributed by atoms with Crippen molar-refractivity contribution in [3.63, 3.8) is 0 Å². The van der Waals surface area contributed by atoms with E-state index in [-0.39, 0.29) is 6.10 Å². The SMILES string of the molecule is O[C@@H]1CN(Cc2ccn[nH]2)CC[C@H]1Oc1ccc2cccnc2c1. The molecule has 24 heavy (non-hydrogen) atoms. The van der Waals surface area contributed by atoms with Gasteiger partial charge in [0.05, 0.1) is 5.52 Å². The van der Waals surface area contributed by atoms with Crippen molar-refractivity contribution < 1.29 is 9.84 Å². The summed E-state index contributed by atoms with van der Waals surface area (Å²) in [5, 5.41) is 18.4. The zero-order valence-electron chi connectivity index (χ0n) is 13.3. The third kappa shape index (κ3) is 3.25. The molecule has 0 radical (unpaired) electrons. The first kappa shape index (κ1) is 15.1. The highest BCUT2D eigenvalue weighted by Gasteiger charge is 2.29. The zero-order valence-corrected chi connectivity index (χ0v) is 13.3. The number of rotatable bonds is 4. The van der Waals surface area contributed by atoms with Crippen molar-refractivity contribution in [3.05, 3.63) is 54.5 Å². The minimum Gasteiger partial charge on any atom is -0.488 e. The zero-order chi connectivity index (χ0) is 16.4. The van der Waals surface area contributed by atoms with Crippen molar-refractivity contribution in [2.45, 2.75) is 25.2 Å². The summed E-state index contributed by atoms with van der Waals surface area (Å²) in [6.45, 7) is 2.24. The van der Waals surface area contributed by atoms with Gasteiger partial charge in [-0.25, -0.2) is 0 Å². The number of aromatic nitrogens is 3. The number of hydrogen-bond acceptors (Lipinski definition) is 5. The Kier molecular flexibility index (Phi) is 4.15. The smallest absolute Gasteiger partial charge is 0.127 e. The number of likely N-dealkylation sites (tertiary alicyclic amines) is 1. The maximum absolute atomic E-state index is 10.4.